The highest BCUT2D eigenvalue weighted by Crippen LogP contribution is 2.23. The topological polar surface area (TPSA) is 71.8 Å². The first-order valence-corrected chi connectivity index (χ1v) is 10.4. The molecule has 0 unspecified atom stereocenters. The molecule has 0 spiro atoms. The lowest BCUT2D eigenvalue weighted by molar-refractivity contribution is -0.123. The van der Waals surface area contributed by atoms with E-state index in [-0.39, 0.29) is 18.4 Å². The molecular weight excluding hydrogens is 404 g/mol. The number of hydrogen-bond donors (Lipinski definition) is 1. The molecule has 4 rings (SSSR count). The molecule has 1 saturated heterocycles. The van der Waals surface area contributed by atoms with E-state index in [1.165, 1.54) is 0 Å². The number of piperidine rings is 1. The van der Waals surface area contributed by atoms with Crippen LogP contribution >= 0.6 is 11.6 Å². The first-order valence-electron chi connectivity index (χ1n) is 10.0. The van der Waals surface area contributed by atoms with Crippen molar-refractivity contribution in [3.8, 4) is 5.75 Å². The van der Waals surface area contributed by atoms with Gasteiger partial charge in [0.25, 0.3) is 11.8 Å². The third-order valence-electron chi connectivity index (χ3n) is 5.31. The molecule has 0 saturated carbocycles. The maximum absolute atomic E-state index is 12.7. The summed E-state index contributed by atoms with van der Waals surface area (Å²) in [6.45, 7) is 1.84. The molecule has 1 fully saturated rings. The van der Waals surface area contributed by atoms with E-state index in [2.05, 4.69) is 5.32 Å². The van der Waals surface area contributed by atoms with Crippen molar-refractivity contribution < 1.29 is 18.7 Å². The van der Waals surface area contributed by atoms with Crippen LogP contribution in [0.2, 0.25) is 5.02 Å². The monoisotopic (exact) mass is 426 g/mol. The number of benzene rings is 2. The zero-order valence-corrected chi connectivity index (χ0v) is 17.2. The maximum Gasteiger partial charge on any atom is 0.289 e. The second-order valence-corrected chi connectivity index (χ2v) is 7.87. The molecule has 2 heterocycles. The van der Waals surface area contributed by atoms with Gasteiger partial charge in [0.2, 0.25) is 0 Å². The molecule has 1 aliphatic heterocycles. The van der Waals surface area contributed by atoms with E-state index in [4.69, 9.17) is 20.8 Å². The minimum atomic E-state index is -0.161. The van der Waals surface area contributed by atoms with Crippen LogP contribution in [0.1, 0.15) is 23.4 Å². The predicted molar refractivity (Wildman–Crippen MR) is 115 cm³/mol. The lowest BCUT2D eigenvalue weighted by atomic mass is 9.96. The fraction of sp³-hybridized carbons (Fsp3) is 0.304. The van der Waals surface area contributed by atoms with Gasteiger partial charge in [-0.15, -0.1) is 0 Å². The van der Waals surface area contributed by atoms with Crippen molar-refractivity contribution in [1.29, 1.82) is 0 Å². The van der Waals surface area contributed by atoms with Crippen LogP contribution in [0.4, 0.5) is 0 Å². The van der Waals surface area contributed by atoms with Crippen LogP contribution in [0.3, 0.4) is 0 Å². The Labute approximate surface area is 179 Å². The minimum Gasteiger partial charge on any atom is -0.484 e. The van der Waals surface area contributed by atoms with Gasteiger partial charge in [-0.05, 0) is 55.2 Å². The zero-order chi connectivity index (χ0) is 20.9. The summed E-state index contributed by atoms with van der Waals surface area (Å²) in [6, 6.07) is 16.3. The van der Waals surface area contributed by atoms with E-state index >= 15 is 0 Å². The number of likely N-dealkylation sites (tertiary alicyclic amines) is 1. The van der Waals surface area contributed by atoms with Gasteiger partial charge in [0.1, 0.15) is 11.3 Å². The number of halogens is 1. The molecule has 0 bridgehead atoms. The fourth-order valence-electron chi connectivity index (χ4n) is 3.57. The van der Waals surface area contributed by atoms with Gasteiger partial charge >= 0.3 is 0 Å². The molecule has 6 nitrogen and oxygen atoms in total. The van der Waals surface area contributed by atoms with Crippen molar-refractivity contribution in [2.75, 3.05) is 26.2 Å². The van der Waals surface area contributed by atoms with Crippen LogP contribution < -0.4 is 10.1 Å². The molecule has 7 heteroatoms. The Hall–Kier alpha value is -2.99. The number of furan rings is 1. The van der Waals surface area contributed by atoms with Gasteiger partial charge in [-0.25, -0.2) is 0 Å². The molecule has 156 valence electrons. The van der Waals surface area contributed by atoms with E-state index in [1.807, 2.05) is 29.2 Å². The Morgan fingerprint density at radius 2 is 1.83 bits per heavy atom. The van der Waals surface area contributed by atoms with Gasteiger partial charge in [-0.1, -0.05) is 29.8 Å². The summed E-state index contributed by atoms with van der Waals surface area (Å²) in [5.74, 6) is 1.08. The number of amides is 2. The van der Waals surface area contributed by atoms with Gasteiger partial charge in [0.05, 0.1) is 0 Å². The first-order chi connectivity index (χ1) is 14.6. The van der Waals surface area contributed by atoms with Crippen LogP contribution in [0.5, 0.6) is 5.75 Å². The highest BCUT2D eigenvalue weighted by Gasteiger charge is 2.26. The van der Waals surface area contributed by atoms with Gasteiger partial charge in [-0.3, -0.25) is 9.59 Å². The fourth-order valence-corrected chi connectivity index (χ4v) is 3.70. The third-order valence-corrected chi connectivity index (χ3v) is 5.56. The quantitative estimate of drug-likeness (QED) is 0.643. The van der Waals surface area contributed by atoms with Crippen molar-refractivity contribution in [3.05, 3.63) is 65.4 Å². The smallest absolute Gasteiger partial charge is 0.289 e. The standard InChI is InChI=1S/C23H23ClN2O4/c24-18-5-7-19(8-6-18)29-15-22(27)25-14-16-9-11-26(12-10-16)23(28)21-13-17-3-1-2-4-20(17)30-21/h1-8,13,16H,9-12,14-15H2,(H,25,27). The van der Waals surface area contributed by atoms with E-state index in [0.29, 0.717) is 42.1 Å². The number of carbonyl (C=O) groups excluding carboxylic acids is 2. The number of carbonyl (C=O) groups is 2. The summed E-state index contributed by atoms with van der Waals surface area (Å²) in [4.78, 5) is 26.6. The van der Waals surface area contributed by atoms with Gasteiger partial charge in [-0.2, -0.15) is 0 Å². The Balaban J connectivity index is 1.20. The Morgan fingerprint density at radius 1 is 1.10 bits per heavy atom. The van der Waals surface area contributed by atoms with Crippen LogP contribution in [0, 0.1) is 5.92 Å². The molecule has 0 aliphatic carbocycles. The van der Waals surface area contributed by atoms with Crippen molar-refractivity contribution in [2.45, 2.75) is 12.8 Å². The number of nitrogens with one attached hydrogen (secondary N) is 1. The molecule has 1 N–H and O–H groups in total. The van der Waals surface area contributed by atoms with Crippen molar-refractivity contribution in [3.63, 3.8) is 0 Å². The largest absolute Gasteiger partial charge is 0.484 e. The molecular formula is C23H23ClN2O4. The van der Waals surface area contributed by atoms with Crippen LogP contribution in [-0.4, -0.2) is 43.0 Å². The second kappa shape index (κ2) is 9.22. The highest BCUT2D eigenvalue weighted by atomic mass is 35.5. The maximum atomic E-state index is 12.7. The van der Waals surface area contributed by atoms with Gasteiger partial charge in [0, 0.05) is 30.0 Å². The number of hydrogen-bond acceptors (Lipinski definition) is 4. The second-order valence-electron chi connectivity index (χ2n) is 7.43. The summed E-state index contributed by atoms with van der Waals surface area (Å²) < 4.78 is 11.1. The number of ether oxygens (including phenoxy) is 1. The summed E-state index contributed by atoms with van der Waals surface area (Å²) in [5.41, 5.74) is 0.722. The molecule has 0 atom stereocenters. The molecule has 2 amide bonds. The summed E-state index contributed by atoms with van der Waals surface area (Å²) >= 11 is 5.83. The molecule has 0 radical (unpaired) electrons. The van der Waals surface area contributed by atoms with Crippen LogP contribution in [0.25, 0.3) is 11.0 Å². The van der Waals surface area contributed by atoms with Gasteiger partial charge in [0.15, 0.2) is 12.4 Å². The van der Waals surface area contributed by atoms with Crippen molar-refractivity contribution >= 4 is 34.4 Å². The van der Waals surface area contributed by atoms with E-state index in [1.54, 1.807) is 30.3 Å². The first kappa shape index (κ1) is 20.3. The van der Waals surface area contributed by atoms with Crippen LogP contribution in [-0.2, 0) is 4.79 Å². The molecule has 30 heavy (non-hydrogen) atoms. The van der Waals surface area contributed by atoms with Crippen molar-refractivity contribution in [1.82, 2.24) is 10.2 Å². The molecule has 2 aromatic carbocycles. The van der Waals surface area contributed by atoms with Crippen LogP contribution in [0.15, 0.2) is 59.0 Å². The van der Waals surface area contributed by atoms with Gasteiger partial charge < -0.3 is 19.4 Å². The predicted octanol–water partition coefficient (Wildman–Crippen LogP) is 4.13. The Bertz CT molecular complexity index is 990. The normalized spacial score (nSPS) is 14.6. The molecule has 1 aliphatic rings. The van der Waals surface area contributed by atoms with E-state index in [0.717, 1.165) is 23.8 Å². The van der Waals surface area contributed by atoms with Crippen molar-refractivity contribution in [2.24, 2.45) is 5.92 Å². The average molecular weight is 427 g/mol. The lowest BCUT2D eigenvalue weighted by Gasteiger charge is -2.31. The lowest BCUT2D eigenvalue weighted by Crippen LogP contribution is -2.42. The van der Waals surface area contributed by atoms with E-state index in [9.17, 15) is 9.59 Å². The number of fused-ring (bicyclic) bond motifs is 1. The summed E-state index contributed by atoms with van der Waals surface area (Å²) in [7, 11) is 0. The third kappa shape index (κ3) is 4.94. The number of nitrogens with zero attached hydrogens (tertiary/aromatic N) is 1. The molecule has 3 aromatic rings. The number of para-hydroxylation sites is 1. The SMILES string of the molecule is O=C(COc1ccc(Cl)cc1)NCC1CCN(C(=O)c2cc3ccccc3o2)CC1. The summed E-state index contributed by atoms with van der Waals surface area (Å²) in [5, 5.41) is 4.47. The van der Waals surface area contributed by atoms with E-state index < -0.39 is 0 Å². The average Bonchev–Trinajstić information content (AvgIpc) is 3.21. The Kier molecular flexibility index (Phi) is 6.23. The molecule has 1 aromatic heterocycles. The highest BCUT2D eigenvalue weighted by molar-refractivity contribution is 6.30. The summed E-state index contributed by atoms with van der Waals surface area (Å²) in [6.07, 6.45) is 1.68. The minimum absolute atomic E-state index is 0.0367. The number of rotatable bonds is 6. The Morgan fingerprint density at radius 3 is 2.57 bits per heavy atom. The zero-order valence-electron chi connectivity index (χ0n) is 16.5.